The molecule has 0 radical (unpaired) electrons. The van der Waals surface area contributed by atoms with E-state index in [0.717, 1.165) is 47.9 Å². The van der Waals surface area contributed by atoms with Crippen LogP contribution in [-0.4, -0.2) is 34.7 Å². The molecule has 0 spiro atoms. The van der Waals surface area contributed by atoms with Gasteiger partial charge in [0, 0.05) is 34.7 Å². The zero-order valence-corrected chi connectivity index (χ0v) is 32.1. The number of nitrogens with zero attached hydrogens (tertiary/aromatic N) is 2. The summed E-state index contributed by atoms with van der Waals surface area (Å²) < 4.78 is 42.1. The summed E-state index contributed by atoms with van der Waals surface area (Å²) >= 11 is 1.38. The molecule has 0 amide bonds. The van der Waals surface area contributed by atoms with Gasteiger partial charge in [0.2, 0.25) is 0 Å². The summed E-state index contributed by atoms with van der Waals surface area (Å²) in [7, 11) is -4.94. The van der Waals surface area contributed by atoms with E-state index >= 15 is 0 Å². The number of aromatic hydroxyl groups is 2. The van der Waals surface area contributed by atoms with Crippen molar-refractivity contribution >= 4 is 12.4 Å². The molecule has 2 aromatic rings. The van der Waals surface area contributed by atoms with Crippen molar-refractivity contribution < 1.29 is 59.1 Å². The molecule has 1 aliphatic carbocycles. The van der Waals surface area contributed by atoms with E-state index < -0.39 is 10.2 Å². The van der Waals surface area contributed by atoms with Gasteiger partial charge in [-0.05, 0) is 57.8 Å². The third-order valence-electron chi connectivity index (χ3n) is 8.13. The monoisotopic (exact) mass is 713 g/mol. The van der Waals surface area contributed by atoms with E-state index in [9.17, 15) is 10.2 Å². The predicted molar refractivity (Wildman–Crippen MR) is 173 cm³/mol. The molecular weight excluding hydrogens is 660 g/mol. The standard InChI is InChI=1S/C36H54N2O2.ClHO4.Cr.O/c1-33(2,3)25-17-23(31(39)27(19-25)35(7,8)9)21-37-29-15-13-14-16-30(29)38-22-24-18-26(34(4,5)6)20-28(32(24)40)36(10,11)12;2-1(3,4)5;;/h17-22,29-30,39-40H,13-16H2,1-12H3;(H,2,3,4,5);;/p-1/t29-,30-;;;/m0.../s1. The number of phenols is 2. The average molecular weight is 714 g/mol. The second-order valence-corrected chi connectivity index (χ2v) is 17.0. The molecule has 2 atom stereocenters. The van der Waals surface area contributed by atoms with Crippen molar-refractivity contribution in [1.82, 2.24) is 0 Å². The molecule has 11 heteroatoms. The molecule has 1 saturated carbocycles. The Bertz CT molecular complexity index is 1290. The minimum absolute atomic E-state index is 0.0378. The summed E-state index contributed by atoms with van der Waals surface area (Å²) in [5, 5.41) is 22.5. The molecule has 0 bridgehead atoms. The summed E-state index contributed by atoms with van der Waals surface area (Å²) in [5.74, 6) is 0.637. The average Bonchev–Trinajstić information content (AvgIpc) is 2.90. The number of hydrogen-bond acceptors (Lipinski definition) is 9. The molecular formula is C36H54ClCrN2O7-. The molecule has 1 fully saturated rings. The summed E-state index contributed by atoms with van der Waals surface area (Å²) in [4.78, 5) is 10.1. The number of rotatable bonds is 4. The van der Waals surface area contributed by atoms with Crippen LogP contribution >= 0.6 is 0 Å². The Morgan fingerprint density at radius 3 is 1.13 bits per heavy atom. The van der Waals surface area contributed by atoms with Crippen LogP contribution in [-0.2, 0) is 41.7 Å². The van der Waals surface area contributed by atoms with E-state index in [4.69, 9.17) is 32.4 Å². The van der Waals surface area contributed by atoms with Gasteiger partial charge in [-0.3, -0.25) is 9.98 Å². The van der Waals surface area contributed by atoms with Gasteiger partial charge in [0.15, 0.2) is 0 Å². The summed E-state index contributed by atoms with van der Waals surface area (Å²) in [6.45, 7) is 26.0. The second kappa shape index (κ2) is 16.5. The van der Waals surface area contributed by atoms with Crippen molar-refractivity contribution in [3.05, 3.63) is 57.6 Å². The van der Waals surface area contributed by atoms with E-state index in [1.165, 1.54) is 27.4 Å². The summed E-state index contributed by atoms with van der Waals surface area (Å²) in [6.07, 6.45) is 7.90. The van der Waals surface area contributed by atoms with Crippen LogP contribution in [0.25, 0.3) is 0 Å². The molecule has 47 heavy (non-hydrogen) atoms. The second-order valence-electron chi connectivity index (χ2n) is 16.3. The van der Waals surface area contributed by atoms with Crippen LogP contribution in [0, 0.1) is 10.2 Å². The van der Waals surface area contributed by atoms with Gasteiger partial charge in [-0.15, -0.1) is 10.2 Å². The molecule has 9 nitrogen and oxygen atoms in total. The van der Waals surface area contributed by atoms with Gasteiger partial charge in [-0.25, -0.2) is 18.6 Å². The Labute approximate surface area is 292 Å². The SMILES string of the molecule is CC(C)(C)c1cc(C=N[C@H]2CCCC[C@@H]2N=Cc2cc(C(C)(C)C)cc(C(C)(C)C)c2O)c(O)c(C(C)(C)C)c1.[O-][Cl+3]([O-])([O-])[O-].[O]=[Cr]. The van der Waals surface area contributed by atoms with E-state index in [-0.39, 0.29) is 33.7 Å². The molecule has 0 heterocycles. The first-order valence-electron chi connectivity index (χ1n) is 15.8. The molecule has 264 valence electrons. The van der Waals surface area contributed by atoms with Gasteiger partial charge in [-0.1, -0.05) is 108 Å². The maximum atomic E-state index is 11.2. The van der Waals surface area contributed by atoms with Gasteiger partial charge in [0.25, 0.3) is 0 Å². The Balaban J connectivity index is 0.00000144. The topological polar surface area (TPSA) is 174 Å². The van der Waals surface area contributed by atoms with Crippen LogP contribution in [0.2, 0.25) is 0 Å². The Morgan fingerprint density at radius 1 is 0.617 bits per heavy atom. The van der Waals surface area contributed by atoms with E-state index in [0.29, 0.717) is 11.5 Å². The Hall–Kier alpha value is -2.16. The predicted octanol–water partition coefficient (Wildman–Crippen LogP) is 4.26. The van der Waals surface area contributed by atoms with Gasteiger partial charge in [0.1, 0.15) is 11.5 Å². The fraction of sp³-hybridized carbons (Fsp3) is 0.611. The van der Waals surface area contributed by atoms with Crippen molar-refractivity contribution in [2.75, 3.05) is 0 Å². The van der Waals surface area contributed by atoms with E-state index in [1.54, 1.807) is 0 Å². The molecule has 2 aromatic carbocycles. The van der Waals surface area contributed by atoms with Crippen molar-refractivity contribution in [2.45, 2.75) is 143 Å². The third kappa shape index (κ3) is 13.7. The number of hydrogen-bond donors (Lipinski definition) is 2. The van der Waals surface area contributed by atoms with Crippen LogP contribution in [0.3, 0.4) is 0 Å². The molecule has 3 rings (SSSR count). The van der Waals surface area contributed by atoms with Gasteiger partial charge >= 0.3 is 20.0 Å². The molecule has 2 N–H and O–H groups in total. The summed E-state index contributed by atoms with van der Waals surface area (Å²) in [5.41, 5.74) is 5.39. The first-order valence-corrected chi connectivity index (χ1v) is 17.6. The van der Waals surface area contributed by atoms with Gasteiger partial charge in [0.05, 0.1) is 12.1 Å². The molecule has 0 aliphatic heterocycles. The van der Waals surface area contributed by atoms with Gasteiger partial charge in [-0.2, -0.15) is 0 Å². The normalized spacial score (nSPS) is 18.0. The van der Waals surface area contributed by atoms with Crippen molar-refractivity contribution in [3.8, 4) is 11.5 Å². The first kappa shape index (κ1) is 42.9. The van der Waals surface area contributed by atoms with E-state index in [2.05, 4.69) is 107 Å². The Morgan fingerprint density at radius 2 is 0.894 bits per heavy atom. The zero-order valence-electron chi connectivity index (χ0n) is 30.1. The molecule has 0 saturated heterocycles. The fourth-order valence-corrected chi connectivity index (χ4v) is 5.31. The number of phenolic OH excluding ortho intramolecular Hbond substituents is 2. The number of halogens is 1. The maximum absolute atomic E-state index is 11.2. The van der Waals surface area contributed by atoms with Crippen molar-refractivity contribution in [2.24, 2.45) is 9.98 Å². The van der Waals surface area contributed by atoms with Crippen LogP contribution in [0.1, 0.15) is 142 Å². The minimum atomic E-state index is -4.94. The zero-order chi connectivity index (χ0) is 36.8. The molecule has 0 unspecified atom stereocenters. The molecule has 1 aliphatic rings. The fourth-order valence-electron chi connectivity index (χ4n) is 5.31. The summed E-state index contributed by atoms with van der Waals surface area (Å²) in [6, 6.07) is 8.53. The first-order chi connectivity index (χ1) is 21.2. The third-order valence-corrected chi connectivity index (χ3v) is 8.13. The van der Waals surface area contributed by atoms with Crippen molar-refractivity contribution in [1.29, 1.82) is 0 Å². The number of aliphatic imine (C=N–C) groups is 2. The van der Waals surface area contributed by atoms with Crippen LogP contribution in [0.4, 0.5) is 0 Å². The van der Waals surface area contributed by atoms with Crippen LogP contribution in [0.5, 0.6) is 11.5 Å². The Kier molecular flexibility index (Phi) is 15.0. The van der Waals surface area contributed by atoms with Crippen LogP contribution in [0.15, 0.2) is 34.3 Å². The van der Waals surface area contributed by atoms with Crippen LogP contribution < -0.4 is 18.6 Å². The van der Waals surface area contributed by atoms with E-state index in [1.807, 2.05) is 12.4 Å². The van der Waals surface area contributed by atoms with Gasteiger partial charge < -0.3 is 10.2 Å². The molecule has 0 aromatic heterocycles. The van der Waals surface area contributed by atoms with Crippen molar-refractivity contribution in [3.63, 3.8) is 0 Å². The quantitative estimate of drug-likeness (QED) is 0.445. The number of benzene rings is 2.